The van der Waals surface area contributed by atoms with Crippen LogP contribution in [-0.2, 0) is 19.1 Å². The van der Waals surface area contributed by atoms with E-state index < -0.39 is 42.5 Å². The first-order valence-corrected chi connectivity index (χ1v) is 11.6. The first-order valence-electron chi connectivity index (χ1n) is 11.6. The van der Waals surface area contributed by atoms with Gasteiger partial charge in [0, 0.05) is 18.2 Å². The Kier molecular flexibility index (Phi) is 6.42. The van der Waals surface area contributed by atoms with Crippen LogP contribution >= 0.6 is 0 Å². The monoisotopic (exact) mass is 473 g/mol. The predicted molar refractivity (Wildman–Crippen MR) is 121 cm³/mol. The van der Waals surface area contributed by atoms with E-state index in [0.717, 1.165) is 17.7 Å². The molecule has 1 aliphatic carbocycles. The van der Waals surface area contributed by atoms with Crippen molar-refractivity contribution in [3.8, 4) is 11.5 Å². The molecule has 1 saturated carbocycles. The van der Waals surface area contributed by atoms with Crippen molar-refractivity contribution in [2.45, 2.75) is 52.0 Å². The lowest BCUT2D eigenvalue weighted by Gasteiger charge is -2.43. The van der Waals surface area contributed by atoms with Crippen LogP contribution in [0.2, 0.25) is 0 Å². The Morgan fingerprint density at radius 1 is 1.18 bits per heavy atom. The Morgan fingerprint density at radius 3 is 2.65 bits per heavy atom. The van der Waals surface area contributed by atoms with Gasteiger partial charge in [-0.25, -0.2) is 4.79 Å². The molecule has 0 radical (unpaired) electrons. The van der Waals surface area contributed by atoms with Gasteiger partial charge in [0.2, 0.25) is 0 Å². The van der Waals surface area contributed by atoms with E-state index in [-0.39, 0.29) is 11.3 Å². The number of benzene rings is 1. The largest absolute Gasteiger partial charge is 0.490 e. The fourth-order valence-electron chi connectivity index (χ4n) is 5.41. The van der Waals surface area contributed by atoms with E-state index in [4.69, 9.17) is 14.2 Å². The highest BCUT2D eigenvalue weighted by molar-refractivity contribution is 6.09. The van der Waals surface area contributed by atoms with Crippen molar-refractivity contribution in [1.82, 2.24) is 10.2 Å². The van der Waals surface area contributed by atoms with Crippen LogP contribution in [0, 0.1) is 11.3 Å². The van der Waals surface area contributed by atoms with Crippen LogP contribution in [0.25, 0.3) is 0 Å². The number of hydrogen-bond acceptors (Lipinski definition) is 7. The van der Waals surface area contributed by atoms with Gasteiger partial charge in [-0.1, -0.05) is 20.8 Å². The summed E-state index contributed by atoms with van der Waals surface area (Å²) in [6, 6.07) is 4.39. The molecule has 10 heteroatoms. The lowest BCUT2D eigenvalue weighted by atomic mass is 9.64. The number of nitrogens with zero attached hydrogens (tertiary/aromatic N) is 1. The van der Waals surface area contributed by atoms with Gasteiger partial charge in [0.1, 0.15) is 12.1 Å². The Bertz CT molecular complexity index is 1010. The third-order valence-corrected chi connectivity index (χ3v) is 6.31. The number of hydrogen-bond donors (Lipinski definition) is 2. The first kappa shape index (κ1) is 23.8. The second-order valence-corrected chi connectivity index (χ2v) is 10.2. The number of imide groups is 1. The number of carbonyl (C=O) groups is 4. The number of ether oxygens (including phenoxy) is 3. The molecule has 3 aliphatic rings. The molecule has 0 unspecified atom stereocenters. The van der Waals surface area contributed by atoms with Gasteiger partial charge >= 0.3 is 12.0 Å². The van der Waals surface area contributed by atoms with E-state index in [1.165, 1.54) is 0 Å². The number of anilines is 1. The second-order valence-electron chi connectivity index (χ2n) is 10.2. The highest BCUT2D eigenvalue weighted by atomic mass is 16.5. The molecule has 10 nitrogen and oxygen atoms in total. The zero-order chi connectivity index (χ0) is 24.5. The number of fused-ring (bicyclic) bond motifs is 1. The summed E-state index contributed by atoms with van der Waals surface area (Å²) in [4.78, 5) is 51.1. The van der Waals surface area contributed by atoms with E-state index in [1.54, 1.807) is 18.2 Å². The highest BCUT2D eigenvalue weighted by Gasteiger charge is 2.56. The number of nitrogens with one attached hydrogen (secondary N) is 2. The van der Waals surface area contributed by atoms with Crippen molar-refractivity contribution >= 4 is 29.5 Å². The normalized spacial score (nSPS) is 25.5. The first-order chi connectivity index (χ1) is 16.1. The standard InChI is InChI=1S/C24H31N3O7/c1-15-10-23(2,3)14-24(11-15)21(30)27(22(31)26-24)12-20(29)34-13-19(28)25-16-5-6-17-18(9-16)33-8-4-7-32-17/h5-6,9,15H,4,7-8,10-14H2,1-3H3,(H,25,28)(H,26,31)/t15-,24-/m1/s1. The number of carbonyl (C=O) groups excluding carboxylic acids is 4. The van der Waals surface area contributed by atoms with Gasteiger partial charge in [0.05, 0.1) is 13.2 Å². The van der Waals surface area contributed by atoms with Crippen molar-refractivity contribution < 1.29 is 33.4 Å². The van der Waals surface area contributed by atoms with Gasteiger partial charge < -0.3 is 24.8 Å². The number of esters is 1. The maximum absolute atomic E-state index is 13.1. The van der Waals surface area contributed by atoms with Crippen molar-refractivity contribution in [2.75, 3.05) is 31.7 Å². The topological polar surface area (TPSA) is 123 Å². The predicted octanol–water partition coefficient (Wildman–Crippen LogP) is 2.47. The van der Waals surface area contributed by atoms with Gasteiger partial charge in [-0.3, -0.25) is 19.3 Å². The number of rotatable bonds is 5. The summed E-state index contributed by atoms with van der Waals surface area (Å²) in [5.74, 6) is -0.417. The van der Waals surface area contributed by atoms with E-state index >= 15 is 0 Å². The zero-order valence-electron chi connectivity index (χ0n) is 19.8. The van der Waals surface area contributed by atoms with Crippen LogP contribution in [0.4, 0.5) is 10.5 Å². The van der Waals surface area contributed by atoms with Gasteiger partial charge in [0.25, 0.3) is 11.8 Å². The smallest absolute Gasteiger partial charge is 0.326 e. The molecule has 184 valence electrons. The lowest BCUT2D eigenvalue weighted by Crippen LogP contribution is -2.54. The minimum absolute atomic E-state index is 0.109. The molecule has 4 rings (SSSR count). The number of amides is 4. The molecule has 2 fully saturated rings. The summed E-state index contributed by atoms with van der Waals surface area (Å²) in [7, 11) is 0. The average Bonchev–Trinajstić information content (AvgIpc) is 2.90. The average molecular weight is 474 g/mol. The summed E-state index contributed by atoms with van der Waals surface area (Å²) in [6.45, 7) is 6.18. The van der Waals surface area contributed by atoms with Gasteiger partial charge in [0.15, 0.2) is 18.1 Å². The van der Waals surface area contributed by atoms with Crippen LogP contribution in [0.5, 0.6) is 11.5 Å². The molecule has 1 saturated heterocycles. The molecule has 0 aromatic heterocycles. The molecular weight excluding hydrogens is 442 g/mol. The quantitative estimate of drug-likeness (QED) is 0.497. The summed E-state index contributed by atoms with van der Waals surface area (Å²) >= 11 is 0. The number of urea groups is 1. The maximum atomic E-state index is 13.1. The van der Waals surface area contributed by atoms with Crippen LogP contribution in [0.15, 0.2) is 18.2 Å². The Balaban J connectivity index is 1.30. The molecule has 4 amide bonds. The fraction of sp³-hybridized carbons (Fsp3) is 0.583. The molecule has 2 heterocycles. The Labute approximate surface area is 198 Å². The van der Waals surface area contributed by atoms with Crippen molar-refractivity contribution in [1.29, 1.82) is 0 Å². The third kappa shape index (κ3) is 5.10. The summed E-state index contributed by atoms with van der Waals surface area (Å²) < 4.78 is 16.2. The summed E-state index contributed by atoms with van der Waals surface area (Å²) in [5, 5.41) is 5.44. The molecule has 2 N–H and O–H groups in total. The van der Waals surface area contributed by atoms with Crippen LogP contribution in [-0.4, -0.2) is 60.6 Å². The van der Waals surface area contributed by atoms with Crippen LogP contribution < -0.4 is 20.1 Å². The molecule has 0 bridgehead atoms. The summed E-state index contributed by atoms with van der Waals surface area (Å²) in [5.41, 5.74) is -0.634. The minimum Gasteiger partial charge on any atom is -0.490 e. The highest BCUT2D eigenvalue weighted by Crippen LogP contribution is 2.46. The molecule has 2 aliphatic heterocycles. The van der Waals surface area contributed by atoms with Crippen LogP contribution in [0.1, 0.15) is 46.5 Å². The minimum atomic E-state index is -0.993. The SMILES string of the molecule is C[C@@H]1CC(C)(C)C[C@@]2(C1)NC(=O)N(CC(=O)OCC(=O)Nc1ccc3c(c1)OCCCO3)C2=O. The molecule has 1 spiro atoms. The molecule has 2 atom stereocenters. The van der Waals surface area contributed by atoms with E-state index in [0.29, 0.717) is 43.2 Å². The zero-order valence-corrected chi connectivity index (χ0v) is 19.8. The van der Waals surface area contributed by atoms with Crippen molar-refractivity contribution in [2.24, 2.45) is 11.3 Å². The molecular formula is C24H31N3O7. The van der Waals surface area contributed by atoms with Gasteiger partial charge in [-0.2, -0.15) is 0 Å². The Hall–Kier alpha value is -3.30. The molecule has 1 aromatic carbocycles. The van der Waals surface area contributed by atoms with Crippen LogP contribution in [0.3, 0.4) is 0 Å². The maximum Gasteiger partial charge on any atom is 0.326 e. The van der Waals surface area contributed by atoms with Gasteiger partial charge in [-0.05, 0) is 42.7 Å². The molecule has 1 aromatic rings. The summed E-state index contributed by atoms with van der Waals surface area (Å²) in [6.07, 6.45) is 2.77. The van der Waals surface area contributed by atoms with Crippen molar-refractivity contribution in [3.63, 3.8) is 0 Å². The van der Waals surface area contributed by atoms with E-state index in [1.807, 2.05) is 0 Å². The van der Waals surface area contributed by atoms with Gasteiger partial charge in [-0.15, -0.1) is 0 Å². The molecule has 34 heavy (non-hydrogen) atoms. The van der Waals surface area contributed by atoms with Crippen molar-refractivity contribution in [3.05, 3.63) is 18.2 Å². The van der Waals surface area contributed by atoms with E-state index in [9.17, 15) is 19.2 Å². The second kappa shape index (κ2) is 9.15. The Morgan fingerprint density at radius 2 is 1.91 bits per heavy atom. The lowest BCUT2D eigenvalue weighted by molar-refractivity contribution is -0.150. The van der Waals surface area contributed by atoms with E-state index in [2.05, 4.69) is 31.4 Å². The fourth-order valence-corrected chi connectivity index (χ4v) is 5.41. The third-order valence-electron chi connectivity index (χ3n) is 6.31.